The Morgan fingerprint density at radius 2 is 2.00 bits per heavy atom. The van der Waals surface area contributed by atoms with Crippen LogP contribution < -0.4 is 16.6 Å². The van der Waals surface area contributed by atoms with Gasteiger partial charge in [0.15, 0.2) is 16.9 Å². The zero-order valence-corrected chi connectivity index (χ0v) is 20.2. The molecule has 0 spiro atoms. The number of fused-ring (bicyclic) bond motifs is 1. The number of nitrogens with zero attached hydrogens (tertiary/aromatic N) is 6. The van der Waals surface area contributed by atoms with Crippen molar-refractivity contribution in [3.05, 3.63) is 56.3 Å². The quantitative estimate of drug-likeness (QED) is 0.411. The van der Waals surface area contributed by atoms with Gasteiger partial charge in [0.25, 0.3) is 5.56 Å². The van der Waals surface area contributed by atoms with E-state index in [2.05, 4.69) is 20.3 Å². The zero-order chi connectivity index (χ0) is 25.4. The predicted molar refractivity (Wildman–Crippen MR) is 128 cm³/mol. The Balaban J connectivity index is 1.64. The summed E-state index contributed by atoms with van der Waals surface area (Å²) in [4.78, 5) is 63.0. The number of thiazole rings is 1. The number of amides is 1. The summed E-state index contributed by atoms with van der Waals surface area (Å²) in [6.07, 6.45) is 2.98. The molecule has 4 aromatic heterocycles. The van der Waals surface area contributed by atoms with Crippen LogP contribution in [0.1, 0.15) is 32.0 Å². The van der Waals surface area contributed by atoms with E-state index in [4.69, 9.17) is 0 Å². The summed E-state index contributed by atoms with van der Waals surface area (Å²) in [6.45, 7) is 4.40. The Hall–Kier alpha value is -4.00. The average molecular weight is 500 g/mol. The summed E-state index contributed by atoms with van der Waals surface area (Å²) in [6, 6.07) is 0.426. The molecule has 4 aromatic rings. The molecule has 0 aliphatic rings. The lowest BCUT2D eigenvalue weighted by atomic mass is 10.2. The molecule has 0 aromatic carbocycles. The van der Waals surface area contributed by atoms with Crippen LogP contribution in [0.5, 0.6) is 0 Å². The molecule has 0 fully saturated rings. The van der Waals surface area contributed by atoms with Gasteiger partial charge in [-0.1, -0.05) is 6.92 Å². The SMILES string of the molecule is CCC(=O)Cn1c(=O)c2c(ncn2[C@@H](C)C(=O)Nc2csc(-c3cnc(C)c(F)c3)n2)n(C)c1=O. The first-order valence-electron chi connectivity index (χ1n) is 10.7. The highest BCUT2D eigenvalue weighted by atomic mass is 32.1. The summed E-state index contributed by atoms with van der Waals surface area (Å²) in [7, 11) is 1.44. The number of anilines is 1. The fourth-order valence-corrected chi connectivity index (χ4v) is 4.19. The highest BCUT2D eigenvalue weighted by molar-refractivity contribution is 7.13. The second-order valence-electron chi connectivity index (χ2n) is 7.94. The smallest absolute Gasteiger partial charge is 0.312 e. The number of halogens is 1. The summed E-state index contributed by atoms with van der Waals surface area (Å²) in [5.41, 5.74) is -0.481. The molecule has 0 radical (unpaired) electrons. The van der Waals surface area contributed by atoms with Gasteiger partial charge < -0.3 is 9.88 Å². The van der Waals surface area contributed by atoms with Gasteiger partial charge in [0.1, 0.15) is 22.7 Å². The summed E-state index contributed by atoms with van der Waals surface area (Å²) < 4.78 is 17.2. The number of ketones is 1. The van der Waals surface area contributed by atoms with E-state index in [0.29, 0.717) is 10.6 Å². The summed E-state index contributed by atoms with van der Waals surface area (Å²) in [5.74, 6) is -0.961. The van der Waals surface area contributed by atoms with Crippen LogP contribution in [-0.4, -0.2) is 40.3 Å². The Morgan fingerprint density at radius 1 is 1.26 bits per heavy atom. The average Bonchev–Trinajstić information content (AvgIpc) is 3.49. The van der Waals surface area contributed by atoms with E-state index in [1.54, 1.807) is 26.2 Å². The lowest BCUT2D eigenvalue weighted by molar-refractivity contribution is -0.120. The number of rotatable bonds is 7. The third-order valence-corrected chi connectivity index (χ3v) is 6.50. The second-order valence-corrected chi connectivity index (χ2v) is 8.80. The molecule has 13 heteroatoms. The molecule has 182 valence electrons. The van der Waals surface area contributed by atoms with Gasteiger partial charge in [-0.25, -0.2) is 19.2 Å². The molecule has 0 saturated heterocycles. The normalized spacial score (nSPS) is 12.1. The van der Waals surface area contributed by atoms with Crippen molar-refractivity contribution in [2.45, 2.75) is 39.8 Å². The molecule has 0 aliphatic heterocycles. The number of hydrogen-bond donors (Lipinski definition) is 1. The topological polar surface area (TPSA) is 134 Å². The van der Waals surface area contributed by atoms with Crippen LogP contribution in [0.3, 0.4) is 0 Å². The van der Waals surface area contributed by atoms with Gasteiger partial charge in [0.2, 0.25) is 5.91 Å². The lowest BCUT2D eigenvalue weighted by Crippen LogP contribution is -2.41. The first kappa shape index (κ1) is 24.1. The molecule has 4 heterocycles. The molecule has 0 aliphatic carbocycles. The highest BCUT2D eigenvalue weighted by Crippen LogP contribution is 2.27. The summed E-state index contributed by atoms with van der Waals surface area (Å²) >= 11 is 1.21. The molecule has 35 heavy (non-hydrogen) atoms. The molecule has 4 rings (SSSR count). The molecular formula is C22H22FN7O4S. The van der Waals surface area contributed by atoms with Crippen molar-refractivity contribution < 1.29 is 14.0 Å². The van der Waals surface area contributed by atoms with Crippen LogP contribution in [-0.2, 0) is 23.2 Å². The van der Waals surface area contributed by atoms with Crippen molar-refractivity contribution >= 4 is 40.0 Å². The van der Waals surface area contributed by atoms with E-state index < -0.39 is 29.0 Å². The van der Waals surface area contributed by atoms with Crippen LogP contribution in [0.25, 0.3) is 21.7 Å². The van der Waals surface area contributed by atoms with E-state index in [1.807, 2.05) is 0 Å². The van der Waals surface area contributed by atoms with Crippen LogP contribution in [0.2, 0.25) is 0 Å². The number of pyridine rings is 1. The lowest BCUT2D eigenvalue weighted by Gasteiger charge is -2.14. The van der Waals surface area contributed by atoms with Gasteiger partial charge in [0.05, 0.1) is 18.6 Å². The number of Topliss-reactive ketones (excluding diaryl/α,β-unsaturated/α-hetero) is 1. The van der Waals surface area contributed by atoms with E-state index in [1.165, 1.54) is 46.1 Å². The van der Waals surface area contributed by atoms with Gasteiger partial charge in [-0.15, -0.1) is 11.3 Å². The minimum Gasteiger partial charge on any atom is -0.312 e. The number of nitrogens with one attached hydrogen (secondary N) is 1. The van der Waals surface area contributed by atoms with Gasteiger partial charge in [-0.2, -0.15) is 0 Å². The molecule has 0 saturated carbocycles. The van der Waals surface area contributed by atoms with Crippen molar-refractivity contribution in [3.8, 4) is 10.6 Å². The Morgan fingerprint density at radius 3 is 2.69 bits per heavy atom. The van der Waals surface area contributed by atoms with Gasteiger partial charge in [-0.05, 0) is 19.9 Å². The van der Waals surface area contributed by atoms with Crippen LogP contribution >= 0.6 is 11.3 Å². The van der Waals surface area contributed by atoms with E-state index in [9.17, 15) is 23.6 Å². The second kappa shape index (κ2) is 9.33. The number of aryl methyl sites for hydroxylation is 2. The molecule has 0 unspecified atom stereocenters. The number of imidazole rings is 1. The fourth-order valence-electron chi connectivity index (χ4n) is 3.45. The van der Waals surface area contributed by atoms with E-state index >= 15 is 0 Å². The van der Waals surface area contributed by atoms with Crippen molar-refractivity contribution in [2.75, 3.05) is 5.32 Å². The maximum atomic E-state index is 13.8. The minimum atomic E-state index is -0.899. The largest absolute Gasteiger partial charge is 0.332 e. The van der Waals surface area contributed by atoms with Gasteiger partial charge >= 0.3 is 5.69 Å². The van der Waals surface area contributed by atoms with Crippen molar-refractivity contribution in [3.63, 3.8) is 0 Å². The van der Waals surface area contributed by atoms with Gasteiger partial charge in [0, 0.05) is 30.6 Å². The third-order valence-electron chi connectivity index (χ3n) is 5.61. The number of hydrogen-bond acceptors (Lipinski definition) is 8. The molecule has 1 N–H and O–H groups in total. The monoisotopic (exact) mass is 499 g/mol. The minimum absolute atomic E-state index is 0.0267. The number of carbonyl (C=O) groups is 2. The molecular weight excluding hydrogens is 477 g/mol. The van der Waals surface area contributed by atoms with Crippen molar-refractivity contribution in [1.82, 2.24) is 28.7 Å². The molecule has 1 amide bonds. The highest BCUT2D eigenvalue weighted by Gasteiger charge is 2.24. The van der Waals surface area contributed by atoms with Crippen LogP contribution in [0, 0.1) is 12.7 Å². The molecule has 0 bridgehead atoms. The zero-order valence-electron chi connectivity index (χ0n) is 19.4. The Kier molecular flexibility index (Phi) is 6.43. The maximum absolute atomic E-state index is 13.8. The van der Waals surface area contributed by atoms with Crippen LogP contribution in [0.15, 0.2) is 33.6 Å². The molecule has 1 atom stereocenters. The third kappa shape index (κ3) is 4.41. The number of aromatic nitrogens is 6. The Bertz CT molecular complexity index is 1580. The summed E-state index contributed by atoms with van der Waals surface area (Å²) in [5, 5.41) is 4.76. The number of carbonyl (C=O) groups excluding carboxylic acids is 2. The maximum Gasteiger partial charge on any atom is 0.332 e. The van der Waals surface area contributed by atoms with Gasteiger partial charge in [-0.3, -0.25) is 28.5 Å². The fraction of sp³-hybridized carbons (Fsp3) is 0.318. The Labute approximate surface area is 201 Å². The van der Waals surface area contributed by atoms with Crippen molar-refractivity contribution in [1.29, 1.82) is 0 Å². The van der Waals surface area contributed by atoms with E-state index in [-0.39, 0.29) is 41.4 Å². The standard InChI is InChI=1S/C22H22FN7O4S/c1-5-14(31)8-29-21(33)17-18(28(4)22(29)34)25-10-30(17)12(3)19(32)26-16-9-35-20(27-16)13-6-15(23)11(2)24-7-13/h6-7,9-10,12H,5,8H2,1-4H3,(H,26,32)/t12-/m0/s1. The van der Waals surface area contributed by atoms with Crippen LogP contribution in [0.4, 0.5) is 10.2 Å². The van der Waals surface area contributed by atoms with E-state index in [0.717, 1.165) is 4.57 Å². The molecule has 11 nitrogen and oxygen atoms in total. The first-order chi connectivity index (χ1) is 16.6. The predicted octanol–water partition coefficient (Wildman–Crippen LogP) is 2.04. The first-order valence-corrected chi connectivity index (χ1v) is 11.6. The van der Waals surface area contributed by atoms with Crippen molar-refractivity contribution in [2.24, 2.45) is 7.05 Å².